The topological polar surface area (TPSA) is 60.2 Å². The average Bonchev–Trinajstić information content (AvgIpc) is 1.36. The molecule has 1 unspecified atom stereocenters. The molecule has 40 valence electrons. The molecule has 0 rings (SSSR count). The molecule has 0 aromatic rings. The summed E-state index contributed by atoms with van der Waals surface area (Å²) in [6, 6.07) is 0. The summed E-state index contributed by atoms with van der Waals surface area (Å²) in [5, 5.41) is 0. The molecule has 0 saturated heterocycles. The van der Waals surface area contributed by atoms with Crippen LogP contribution in [0, 0.1) is 31.1 Å². The first-order valence-corrected chi connectivity index (χ1v) is 2.93. The van der Waals surface area contributed by atoms with Crippen LogP contribution in [0.2, 0.25) is 0 Å². The molecule has 0 spiro atoms. The van der Waals surface area contributed by atoms with Crippen molar-refractivity contribution in [3.05, 3.63) is 0 Å². The summed E-state index contributed by atoms with van der Waals surface area (Å²) in [4.78, 5) is 9.75. The first-order chi connectivity index (χ1) is 2.64. The average molecular weight is 345 g/mol. The van der Waals surface area contributed by atoms with Gasteiger partial charge in [0.25, 0.3) is 0 Å². The number of carbonyl (C=O) groups excluding carboxylic acids is 1. The maximum absolute atomic E-state index is 9.76. The Labute approximate surface area is 66.2 Å². The summed E-state index contributed by atoms with van der Waals surface area (Å²) in [5.41, 5.74) is 4.22. The largest absolute Gasteiger partial charge is 0.302 e. The fraction of sp³-hybridized carbons (Fsp3) is 0.500. The van der Waals surface area contributed by atoms with Gasteiger partial charge in [-0.25, -0.2) is 0 Å². The van der Waals surface area contributed by atoms with E-state index in [0.717, 1.165) is 0 Å². The van der Waals surface area contributed by atoms with Gasteiger partial charge in [0.05, 0.1) is 0 Å². The number of rotatable bonds is 1. The van der Waals surface area contributed by atoms with Gasteiger partial charge in [0.15, 0.2) is 13.5 Å². The standard InChI is InChI=1S/C2H6NO2P.U/c1-2(4)6(3)5;/h6H,1H3,(H2,3,5);. The Morgan fingerprint density at radius 2 is 1.86 bits per heavy atom. The first-order valence-electron chi connectivity index (χ1n) is 1.45. The van der Waals surface area contributed by atoms with E-state index in [1.54, 1.807) is 0 Å². The number of hydrogen-bond donors (Lipinski definition) is 1. The van der Waals surface area contributed by atoms with E-state index in [-0.39, 0.29) is 31.1 Å². The predicted octanol–water partition coefficient (Wildman–Crippen LogP) is -0.0337. The van der Waals surface area contributed by atoms with Crippen molar-refractivity contribution in [1.82, 2.24) is 0 Å². The minimum Gasteiger partial charge on any atom is -0.302 e. The summed E-state index contributed by atoms with van der Waals surface area (Å²) in [6.45, 7) is 1.21. The molecule has 0 radical (unpaired) electrons. The zero-order valence-corrected chi connectivity index (χ0v) is 9.06. The van der Waals surface area contributed by atoms with E-state index >= 15 is 0 Å². The molecule has 0 heterocycles. The van der Waals surface area contributed by atoms with E-state index in [1.165, 1.54) is 6.92 Å². The third kappa shape index (κ3) is 6.91. The Balaban J connectivity index is 0. The molecule has 0 fully saturated rings. The number of nitrogens with two attached hydrogens (primary N) is 1. The van der Waals surface area contributed by atoms with E-state index in [9.17, 15) is 9.36 Å². The van der Waals surface area contributed by atoms with E-state index in [0.29, 0.717) is 0 Å². The van der Waals surface area contributed by atoms with Crippen LogP contribution in [0.1, 0.15) is 6.92 Å². The van der Waals surface area contributed by atoms with Crippen LogP contribution in [0.25, 0.3) is 0 Å². The van der Waals surface area contributed by atoms with Gasteiger partial charge in [0.1, 0.15) is 0 Å². The second kappa shape index (κ2) is 5.06. The molecule has 0 aromatic carbocycles. The van der Waals surface area contributed by atoms with Crippen molar-refractivity contribution in [2.24, 2.45) is 5.50 Å². The molecule has 0 aliphatic carbocycles. The van der Waals surface area contributed by atoms with Crippen LogP contribution in [0.3, 0.4) is 0 Å². The van der Waals surface area contributed by atoms with Gasteiger partial charge in [-0.2, -0.15) is 0 Å². The molecular weight excluding hydrogens is 339 g/mol. The molecule has 5 heteroatoms. The SMILES string of the molecule is CC(=O)[PH](N)=O.[U]. The summed E-state index contributed by atoms with van der Waals surface area (Å²) in [6.07, 6.45) is 0. The minimum absolute atomic E-state index is 0. The van der Waals surface area contributed by atoms with Crippen molar-refractivity contribution in [2.45, 2.75) is 6.92 Å². The summed E-state index contributed by atoms with van der Waals surface area (Å²) < 4.78 is 9.76. The Kier molecular flexibility index (Phi) is 7.81. The van der Waals surface area contributed by atoms with Crippen molar-refractivity contribution < 1.29 is 40.5 Å². The Bertz CT molecular complexity index is 81.7. The van der Waals surface area contributed by atoms with E-state index in [4.69, 9.17) is 0 Å². The molecule has 0 aliphatic rings. The van der Waals surface area contributed by atoms with Crippen molar-refractivity contribution in [3.8, 4) is 0 Å². The molecule has 0 aliphatic heterocycles. The molecule has 3 nitrogen and oxygen atoms in total. The van der Waals surface area contributed by atoms with Crippen LogP contribution in [0.15, 0.2) is 0 Å². The Morgan fingerprint density at radius 3 is 1.86 bits per heavy atom. The van der Waals surface area contributed by atoms with Gasteiger partial charge in [0.2, 0.25) is 0 Å². The van der Waals surface area contributed by atoms with Gasteiger partial charge in [-0.1, -0.05) is 0 Å². The van der Waals surface area contributed by atoms with Crippen LogP contribution in [-0.4, -0.2) is 5.52 Å². The molecule has 2 N–H and O–H groups in total. The van der Waals surface area contributed by atoms with Crippen LogP contribution >= 0.6 is 7.95 Å². The zero-order chi connectivity index (χ0) is 5.15. The van der Waals surface area contributed by atoms with Crippen LogP contribution in [0.5, 0.6) is 0 Å². The number of carbonyl (C=O) groups is 1. The maximum Gasteiger partial charge on any atom is 0.199 e. The van der Waals surface area contributed by atoms with E-state index in [1.807, 2.05) is 0 Å². The van der Waals surface area contributed by atoms with Crippen molar-refractivity contribution in [1.29, 1.82) is 0 Å². The monoisotopic (exact) mass is 345 g/mol. The van der Waals surface area contributed by atoms with Crippen LogP contribution in [0.4, 0.5) is 0 Å². The zero-order valence-electron chi connectivity index (χ0n) is 3.89. The molecule has 7 heavy (non-hydrogen) atoms. The fourth-order valence-electron chi connectivity index (χ4n) is 0. The van der Waals surface area contributed by atoms with Crippen molar-refractivity contribution >= 4 is 13.5 Å². The molecule has 0 aromatic heterocycles. The van der Waals surface area contributed by atoms with Gasteiger partial charge in [-0.05, 0) is 0 Å². The van der Waals surface area contributed by atoms with Crippen LogP contribution < -0.4 is 5.50 Å². The third-order valence-electron chi connectivity index (χ3n) is 0.347. The maximum atomic E-state index is 9.76. The van der Waals surface area contributed by atoms with Gasteiger partial charge < -0.3 is 4.57 Å². The summed E-state index contributed by atoms with van der Waals surface area (Å²) in [7, 11) is -2.34. The van der Waals surface area contributed by atoms with Crippen molar-refractivity contribution in [2.75, 3.05) is 0 Å². The second-order valence-electron chi connectivity index (χ2n) is 0.920. The number of hydrogen-bond acceptors (Lipinski definition) is 2. The van der Waals surface area contributed by atoms with E-state index in [2.05, 4.69) is 5.50 Å². The molecule has 0 amide bonds. The smallest absolute Gasteiger partial charge is 0.199 e. The molecule has 0 saturated carbocycles. The van der Waals surface area contributed by atoms with E-state index < -0.39 is 13.5 Å². The third-order valence-corrected chi connectivity index (χ3v) is 1.04. The predicted molar refractivity (Wildman–Crippen MR) is 23.9 cm³/mol. The molecule has 0 bridgehead atoms. The molecular formula is C2H6NO2PU. The Hall–Kier alpha value is 0.912. The van der Waals surface area contributed by atoms with Gasteiger partial charge in [0, 0.05) is 38.0 Å². The van der Waals surface area contributed by atoms with Crippen molar-refractivity contribution in [3.63, 3.8) is 0 Å². The summed E-state index contributed by atoms with van der Waals surface area (Å²) in [5.74, 6) is 0. The normalized spacial score (nSPS) is 11.7. The Morgan fingerprint density at radius 1 is 1.71 bits per heavy atom. The van der Waals surface area contributed by atoms with Gasteiger partial charge in [-0.3, -0.25) is 10.3 Å². The summed E-state index contributed by atoms with van der Waals surface area (Å²) >= 11 is 0. The quantitative estimate of drug-likeness (QED) is 0.679. The first kappa shape index (κ1) is 10.8. The minimum atomic E-state index is -2.34. The van der Waals surface area contributed by atoms with Crippen LogP contribution in [-0.2, 0) is 9.36 Å². The second-order valence-corrected chi connectivity index (χ2v) is 2.35. The fourth-order valence-corrected chi connectivity index (χ4v) is 0. The molecule has 1 atom stereocenters. The van der Waals surface area contributed by atoms with Gasteiger partial charge in [-0.15, -0.1) is 0 Å². The van der Waals surface area contributed by atoms with Gasteiger partial charge >= 0.3 is 0 Å².